The first-order chi connectivity index (χ1) is 17.6. The Labute approximate surface area is 230 Å². The average molecular weight is 513 g/mol. The van der Waals surface area contributed by atoms with Crippen molar-refractivity contribution in [1.29, 1.82) is 0 Å². The predicted octanol–water partition coefficient (Wildman–Crippen LogP) is 8.10. The van der Waals surface area contributed by atoms with E-state index in [0.29, 0.717) is 16.7 Å². The first kappa shape index (κ1) is 29.2. The highest BCUT2D eigenvalue weighted by Crippen LogP contribution is 2.67. The van der Waals surface area contributed by atoms with Crippen molar-refractivity contribution in [3.05, 3.63) is 11.6 Å². The maximum atomic E-state index is 13.1. The number of carbonyl (C=O) groups excluding carboxylic acids is 1. The van der Waals surface area contributed by atoms with E-state index in [1.165, 1.54) is 57.8 Å². The van der Waals surface area contributed by atoms with Gasteiger partial charge < -0.3 is 10.2 Å². The second-order valence-corrected chi connectivity index (χ2v) is 14.5. The molecule has 0 spiro atoms. The summed E-state index contributed by atoms with van der Waals surface area (Å²) in [5.41, 5.74) is 2.54. The van der Waals surface area contributed by atoms with Crippen LogP contribution in [-0.4, -0.2) is 37.0 Å². The van der Waals surface area contributed by atoms with E-state index in [9.17, 15) is 4.79 Å². The van der Waals surface area contributed by atoms with Crippen LogP contribution in [0.5, 0.6) is 0 Å². The molecule has 0 aliphatic heterocycles. The van der Waals surface area contributed by atoms with E-state index in [0.717, 1.165) is 74.5 Å². The Morgan fingerprint density at radius 1 is 1.03 bits per heavy atom. The van der Waals surface area contributed by atoms with Crippen LogP contribution in [0.3, 0.4) is 0 Å². The molecule has 8 atom stereocenters. The Kier molecular flexibility index (Phi) is 9.56. The molecule has 0 aromatic carbocycles. The summed E-state index contributed by atoms with van der Waals surface area (Å²) in [6, 6.07) is 0. The van der Waals surface area contributed by atoms with Crippen molar-refractivity contribution in [2.75, 3.05) is 26.2 Å². The molecule has 3 fully saturated rings. The maximum Gasteiger partial charge on any atom is 0.223 e. The Morgan fingerprint density at radius 3 is 2.49 bits per heavy atom. The summed E-state index contributed by atoms with van der Waals surface area (Å²) in [5, 5.41) is 3.28. The number of allylic oxidation sites excluding steroid dienone is 2. The van der Waals surface area contributed by atoms with E-state index < -0.39 is 0 Å². The average Bonchev–Trinajstić information content (AvgIpc) is 3.23. The van der Waals surface area contributed by atoms with Gasteiger partial charge in [-0.2, -0.15) is 0 Å². The zero-order valence-corrected chi connectivity index (χ0v) is 25.6. The van der Waals surface area contributed by atoms with Crippen LogP contribution in [0.2, 0.25) is 0 Å². The standard InChI is InChI=1S/C34H60N2O/c1-8-36(9-2)22-21-35-32(37)26-17-19-33(6)27(23-26)13-14-28-30-16-15-29(25(5)12-10-11-24(3)4)34(30,7)20-18-31(28)33/h13,24-26,28-31H,8-12,14-23H2,1-7H3,(H,35,37)/t25-,26+,28+,29-,30+,31+,33+,34-/m1/s1. The molecular weight excluding hydrogens is 452 g/mol. The third-order valence-electron chi connectivity index (χ3n) is 12.3. The number of hydrogen-bond acceptors (Lipinski definition) is 2. The van der Waals surface area contributed by atoms with Gasteiger partial charge in [0.25, 0.3) is 0 Å². The van der Waals surface area contributed by atoms with Crippen LogP contribution in [0.15, 0.2) is 11.6 Å². The van der Waals surface area contributed by atoms with Gasteiger partial charge >= 0.3 is 0 Å². The lowest BCUT2D eigenvalue weighted by molar-refractivity contribution is -0.126. The zero-order chi connectivity index (χ0) is 26.8. The van der Waals surface area contributed by atoms with Crippen LogP contribution < -0.4 is 5.32 Å². The van der Waals surface area contributed by atoms with Crippen molar-refractivity contribution in [3.8, 4) is 0 Å². The molecule has 0 unspecified atom stereocenters. The molecule has 3 heteroatoms. The van der Waals surface area contributed by atoms with Gasteiger partial charge in [0.1, 0.15) is 0 Å². The molecule has 1 N–H and O–H groups in total. The van der Waals surface area contributed by atoms with Crippen molar-refractivity contribution in [1.82, 2.24) is 10.2 Å². The fourth-order valence-corrected chi connectivity index (χ4v) is 9.93. The molecule has 37 heavy (non-hydrogen) atoms. The van der Waals surface area contributed by atoms with Gasteiger partial charge in [-0.15, -0.1) is 0 Å². The van der Waals surface area contributed by atoms with Crippen LogP contribution in [0, 0.1) is 52.3 Å². The molecule has 3 saturated carbocycles. The summed E-state index contributed by atoms with van der Waals surface area (Å²) in [6.07, 6.45) is 17.2. The van der Waals surface area contributed by atoms with Gasteiger partial charge in [-0.3, -0.25) is 4.79 Å². The highest BCUT2D eigenvalue weighted by molar-refractivity contribution is 5.79. The topological polar surface area (TPSA) is 32.3 Å². The van der Waals surface area contributed by atoms with Gasteiger partial charge in [0.05, 0.1) is 0 Å². The van der Waals surface area contributed by atoms with Crippen molar-refractivity contribution in [3.63, 3.8) is 0 Å². The van der Waals surface area contributed by atoms with E-state index in [2.05, 4.69) is 64.8 Å². The Morgan fingerprint density at radius 2 is 1.78 bits per heavy atom. The SMILES string of the molecule is CCN(CC)CCNC(=O)[C@H]1CC[C@@]2(C)C(=CC[C@H]3[C@@H]4CC[C@H]([C@H](C)CCCC(C)C)[C@@]4(C)CC[C@@H]32)C1. The zero-order valence-electron chi connectivity index (χ0n) is 25.6. The molecule has 0 bridgehead atoms. The number of likely N-dealkylation sites (N-methyl/N-ethyl adjacent to an activating group) is 1. The fourth-order valence-electron chi connectivity index (χ4n) is 9.93. The normalized spacial score (nSPS) is 38.1. The van der Waals surface area contributed by atoms with Crippen molar-refractivity contribution >= 4 is 5.91 Å². The number of hydrogen-bond donors (Lipinski definition) is 1. The van der Waals surface area contributed by atoms with Crippen LogP contribution >= 0.6 is 0 Å². The summed E-state index contributed by atoms with van der Waals surface area (Å²) < 4.78 is 0. The van der Waals surface area contributed by atoms with E-state index in [1.54, 1.807) is 5.57 Å². The summed E-state index contributed by atoms with van der Waals surface area (Å²) >= 11 is 0. The minimum atomic E-state index is 0.184. The van der Waals surface area contributed by atoms with Gasteiger partial charge in [-0.1, -0.05) is 79.4 Å². The first-order valence-corrected chi connectivity index (χ1v) is 16.3. The third-order valence-corrected chi connectivity index (χ3v) is 12.3. The largest absolute Gasteiger partial charge is 0.355 e. The number of nitrogens with zero attached hydrogens (tertiary/aromatic N) is 1. The maximum absolute atomic E-state index is 13.1. The first-order valence-electron chi connectivity index (χ1n) is 16.3. The summed E-state index contributed by atoms with van der Waals surface area (Å²) in [7, 11) is 0. The minimum absolute atomic E-state index is 0.184. The molecule has 4 rings (SSSR count). The molecule has 0 radical (unpaired) electrons. The monoisotopic (exact) mass is 512 g/mol. The van der Waals surface area contributed by atoms with Gasteiger partial charge in [-0.25, -0.2) is 0 Å². The third kappa shape index (κ3) is 5.87. The van der Waals surface area contributed by atoms with Crippen LogP contribution in [0.4, 0.5) is 0 Å². The smallest absolute Gasteiger partial charge is 0.223 e. The molecule has 0 saturated heterocycles. The van der Waals surface area contributed by atoms with Crippen LogP contribution in [0.25, 0.3) is 0 Å². The molecule has 0 heterocycles. The number of nitrogens with one attached hydrogen (secondary N) is 1. The van der Waals surface area contributed by atoms with E-state index >= 15 is 0 Å². The van der Waals surface area contributed by atoms with Gasteiger partial charge in [0, 0.05) is 19.0 Å². The van der Waals surface area contributed by atoms with E-state index in [4.69, 9.17) is 0 Å². The van der Waals surface area contributed by atoms with Crippen molar-refractivity contribution < 1.29 is 4.79 Å². The second kappa shape index (κ2) is 12.1. The molecule has 1 amide bonds. The van der Waals surface area contributed by atoms with Crippen LogP contribution in [0.1, 0.15) is 119 Å². The van der Waals surface area contributed by atoms with Gasteiger partial charge in [0.2, 0.25) is 5.91 Å². The lowest BCUT2D eigenvalue weighted by Gasteiger charge is -2.58. The molecule has 4 aliphatic carbocycles. The highest BCUT2D eigenvalue weighted by Gasteiger charge is 2.59. The summed E-state index contributed by atoms with van der Waals surface area (Å²) in [4.78, 5) is 15.5. The lowest BCUT2D eigenvalue weighted by atomic mass is 9.46. The van der Waals surface area contributed by atoms with E-state index in [1.807, 2.05) is 0 Å². The quantitative estimate of drug-likeness (QED) is 0.284. The Hall–Kier alpha value is -0.830. The van der Waals surface area contributed by atoms with Crippen LogP contribution in [-0.2, 0) is 4.79 Å². The molecule has 3 nitrogen and oxygen atoms in total. The van der Waals surface area contributed by atoms with Crippen molar-refractivity contribution in [2.24, 2.45) is 52.3 Å². The van der Waals surface area contributed by atoms with Crippen molar-refractivity contribution in [2.45, 2.75) is 119 Å². The second-order valence-electron chi connectivity index (χ2n) is 14.5. The summed E-state index contributed by atoms with van der Waals surface area (Å²) in [5.74, 6) is 5.77. The number of amides is 1. The predicted molar refractivity (Wildman–Crippen MR) is 157 cm³/mol. The van der Waals surface area contributed by atoms with E-state index in [-0.39, 0.29) is 5.92 Å². The minimum Gasteiger partial charge on any atom is -0.355 e. The molecule has 212 valence electrons. The number of fused-ring (bicyclic) bond motifs is 5. The molecular formula is C34H60N2O. The molecule has 4 aliphatic rings. The fraction of sp³-hybridized carbons (Fsp3) is 0.912. The number of carbonyl (C=O) groups is 1. The van der Waals surface area contributed by atoms with Gasteiger partial charge in [-0.05, 0) is 111 Å². The number of rotatable bonds is 11. The highest BCUT2D eigenvalue weighted by atomic mass is 16.1. The molecule has 0 aromatic rings. The Bertz CT molecular complexity index is 800. The Balaban J connectivity index is 1.38. The lowest BCUT2D eigenvalue weighted by Crippen LogP contribution is -2.51. The molecule has 0 aromatic heterocycles. The summed E-state index contributed by atoms with van der Waals surface area (Å²) in [6.45, 7) is 20.9. The van der Waals surface area contributed by atoms with Gasteiger partial charge in [0.15, 0.2) is 0 Å².